The average Bonchev–Trinajstić information content (AvgIpc) is 3.43. The summed E-state index contributed by atoms with van der Waals surface area (Å²) < 4.78 is 11.7. The number of hydrogen-bond acceptors (Lipinski definition) is 5. The van der Waals surface area contributed by atoms with Crippen LogP contribution in [0.2, 0.25) is 5.02 Å². The van der Waals surface area contributed by atoms with Gasteiger partial charge in [0.2, 0.25) is 0 Å². The van der Waals surface area contributed by atoms with Crippen molar-refractivity contribution in [3.63, 3.8) is 0 Å². The van der Waals surface area contributed by atoms with E-state index in [4.69, 9.17) is 21.1 Å². The van der Waals surface area contributed by atoms with E-state index < -0.39 is 6.04 Å². The smallest absolute Gasteiger partial charge is 0.273 e. The molecule has 1 aliphatic rings. The molecule has 1 unspecified atom stereocenters. The molecule has 2 heterocycles. The van der Waals surface area contributed by atoms with E-state index in [0.29, 0.717) is 46.6 Å². The number of carbonyl (C=O) groups excluding carboxylic acids is 1. The fourth-order valence-corrected chi connectivity index (χ4v) is 5.04. The summed E-state index contributed by atoms with van der Waals surface area (Å²) in [7, 11) is 1.62. The van der Waals surface area contributed by atoms with Gasteiger partial charge in [0.15, 0.2) is 11.5 Å². The van der Waals surface area contributed by atoms with Crippen molar-refractivity contribution in [3.8, 4) is 28.5 Å². The molecule has 2 aromatic carbocycles. The van der Waals surface area contributed by atoms with Crippen molar-refractivity contribution in [2.24, 2.45) is 0 Å². The zero-order chi connectivity index (χ0) is 26.5. The molecule has 0 saturated heterocycles. The molecule has 8 heteroatoms. The Hall–Kier alpha value is -3.19. The number of H-pyrrole nitrogens is 1. The van der Waals surface area contributed by atoms with Gasteiger partial charge in [-0.1, -0.05) is 57.2 Å². The third kappa shape index (κ3) is 5.42. The van der Waals surface area contributed by atoms with Gasteiger partial charge in [-0.15, -0.1) is 0 Å². The number of ether oxygens (including phenoxy) is 2. The van der Waals surface area contributed by atoms with Crippen LogP contribution < -0.4 is 9.47 Å². The van der Waals surface area contributed by atoms with Gasteiger partial charge in [0, 0.05) is 22.7 Å². The number of halogens is 1. The average molecular weight is 526 g/mol. The number of rotatable bonds is 12. The van der Waals surface area contributed by atoms with E-state index in [1.165, 1.54) is 0 Å². The molecule has 7 nitrogen and oxygen atoms in total. The lowest BCUT2D eigenvalue weighted by atomic mass is 9.95. The highest BCUT2D eigenvalue weighted by molar-refractivity contribution is 6.31. The van der Waals surface area contributed by atoms with Crippen LogP contribution in [-0.2, 0) is 0 Å². The predicted molar refractivity (Wildman–Crippen MR) is 146 cm³/mol. The molecule has 0 saturated carbocycles. The second-order valence-corrected chi connectivity index (χ2v) is 9.96. The molecule has 198 valence electrons. The molecule has 1 amide bonds. The number of nitrogens with one attached hydrogen (secondary N) is 1. The molecule has 3 aromatic rings. The number of amides is 1. The van der Waals surface area contributed by atoms with Gasteiger partial charge in [0.25, 0.3) is 5.91 Å². The first-order valence-electron chi connectivity index (χ1n) is 13.1. The van der Waals surface area contributed by atoms with Crippen LogP contribution >= 0.6 is 11.6 Å². The summed E-state index contributed by atoms with van der Waals surface area (Å²) in [6, 6.07) is 8.77. The van der Waals surface area contributed by atoms with Crippen LogP contribution in [0.3, 0.4) is 0 Å². The van der Waals surface area contributed by atoms with Crippen LogP contribution in [0.4, 0.5) is 0 Å². The monoisotopic (exact) mass is 525 g/mol. The molecule has 4 rings (SSSR count). The van der Waals surface area contributed by atoms with Crippen LogP contribution in [0.15, 0.2) is 30.3 Å². The van der Waals surface area contributed by atoms with Gasteiger partial charge >= 0.3 is 0 Å². The summed E-state index contributed by atoms with van der Waals surface area (Å²) >= 11 is 6.41. The quantitative estimate of drug-likeness (QED) is 0.247. The van der Waals surface area contributed by atoms with Crippen LogP contribution in [0.5, 0.6) is 17.2 Å². The number of phenols is 1. The summed E-state index contributed by atoms with van der Waals surface area (Å²) in [5.41, 5.74) is 3.83. The highest BCUT2D eigenvalue weighted by atomic mass is 35.5. The first-order chi connectivity index (χ1) is 17.9. The standard InChI is InChI=1S/C29H36ClN3O4/c1-5-7-9-13-33-28(19-11-12-23(24(16-19)36-4)37-14-10-8-6-2)25-26(31-32-27(25)29(33)35)20-17-21(30)18(3)15-22(20)34/h11-12,15-17,28,34H,5-10,13-14H2,1-4H3,(H,31,32). The maximum Gasteiger partial charge on any atom is 0.273 e. The number of nitrogens with zero attached hydrogens (tertiary/aromatic N) is 2. The molecule has 37 heavy (non-hydrogen) atoms. The van der Waals surface area contributed by atoms with Gasteiger partial charge in [0.05, 0.1) is 19.8 Å². The summed E-state index contributed by atoms with van der Waals surface area (Å²) in [4.78, 5) is 15.4. The van der Waals surface area contributed by atoms with Crippen molar-refractivity contribution in [2.75, 3.05) is 20.3 Å². The largest absolute Gasteiger partial charge is 0.507 e. The zero-order valence-corrected chi connectivity index (χ0v) is 22.8. The molecule has 0 spiro atoms. The molecule has 2 N–H and O–H groups in total. The van der Waals surface area contributed by atoms with Crippen molar-refractivity contribution in [3.05, 3.63) is 57.7 Å². The Morgan fingerprint density at radius 1 is 1.08 bits per heavy atom. The van der Waals surface area contributed by atoms with E-state index in [-0.39, 0.29) is 11.7 Å². The lowest BCUT2D eigenvalue weighted by Crippen LogP contribution is -2.30. The highest BCUT2D eigenvalue weighted by Gasteiger charge is 2.42. The fourth-order valence-electron chi connectivity index (χ4n) is 4.87. The van der Waals surface area contributed by atoms with E-state index in [9.17, 15) is 9.90 Å². The lowest BCUT2D eigenvalue weighted by molar-refractivity contribution is 0.0740. The number of unbranched alkanes of at least 4 members (excludes halogenated alkanes) is 4. The Labute approximate surface area is 223 Å². The molecular weight excluding hydrogens is 490 g/mol. The van der Waals surface area contributed by atoms with Crippen molar-refractivity contribution in [2.45, 2.75) is 65.3 Å². The van der Waals surface area contributed by atoms with Gasteiger partial charge in [-0.05, 0) is 55.2 Å². The van der Waals surface area contributed by atoms with Crippen molar-refractivity contribution < 1.29 is 19.4 Å². The third-order valence-corrected chi connectivity index (χ3v) is 7.31. The van der Waals surface area contributed by atoms with Crippen LogP contribution in [0.25, 0.3) is 11.3 Å². The molecule has 1 aromatic heterocycles. The summed E-state index contributed by atoms with van der Waals surface area (Å²) in [5, 5.41) is 18.7. The highest BCUT2D eigenvalue weighted by Crippen LogP contribution is 2.46. The van der Waals surface area contributed by atoms with Gasteiger partial charge in [-0.3, -0.25) is 9.89 Å². The van der Waals surface area contributed by atoms with Crippen LogP contribution in [-0.4, -0.2) is 46.4 Å². The van der Waals surface area contributed by atoms with Crippen molar-refractivity contribution >= 4 is 17.5 Å². The van der Waals surface area contributed by atoms with E-state index in [1.54, 1.807) is 19.2 Å². The normalized spacial score (nSPS) is 14.8. The second-order valence-electron chi connectivity index (χ2n) is 9.55. The third-order valence-electron chi connectivity index (χ3n) is 6.91. The minimum absolute atomic E-state index is 0.0697. The van der Waals surface area contributed by atoms with Crippen LogP contribution in [0.1, 0.15) is 85.6 Å². The molecule has 0 aliphatic carbocycles. The Morgan fingerprint density at radius 3 is 2.57 bits per heavy atom. The topological polar surface area (TPSA) is 87.7 Å². The fraction of sp³-hybridized carbons (Fsp3) is 0.448. The molecule has 1 atom stereocenters. The number of fused-ring (bicyclic) bond motifs is 1. The maximum atomic E-state index is 13.6. The summed E-state index contributed by atoms with van der Waals surface area (Å²) in [6.07, 6.45) is 6.19. The van der Waals surface area contributed by atoms with Crippen molar-refractivity contribution in [1.29, 1.82) is 0 Å². The number of aromatic hydroxyl groups is 1. The van der Waals surface area contributed by atoms with E-state index in [0.717, 1.165) is 55.2 Å². The summed E-state index contributed by atoms with van der Waals surface area (Å²) in [6.45, 7) is 7.37. The molecule has 0 bridgehead atoms. The number of benzene rings is 2. The number of aromatic nitrogens is 2. The van der Waals surface area contributed by atoms with Gasteiger partial charge in [-0.2, -0.15) is 5.10 Å². The Balaban J connectivity index is 1.78. The number of carbonyl (C=O) groups is 1. The lowest BCUT2D eigenvalue weighted by Gasteiger charge is -2.27. The van der Waals surface area contributed by atoms with Gasteiger partial charge in [-0.25, -0.2) is 0 Å². The zero-order valence-electron chi connectivity index (χ0n) is 22.1. The first kappa shape index (κ1) is 26.9. The van der Waals surface area contributed by atoms with Gasteiger partial charge < -0.3 is 19.5 Å². The number of aromatic amines is 1. The first-order valence-corrected chi connectivity index (χ1v) is 13.5. The minimum atomic E-state index is -0.393. The van der Waals surface area contributed by atoms with Crippen molar-refractivity contribution in [1.82, 2.24) is 15.1 Å². The molecule has 0 radical (unpaired) electrons. The number of hydrogen-bond donors (Lipinski definition) is 2. The Bertz CT molecular complexity index is 1260. The predicted octanol–water partition coefficient (Wildman–Crippen LogP) is 7.06. The van der Waals surface area contributed by atoms with E-state index in [2.05, 4.69) is 24.0 Å². The molecule has 0 fully saturated rings. The second kappa shape index (κ2) is 11.9. The number of aryl methyl sites for hydroxylation is 1. The summed E-state index contributed by atoms with van der Waals surface area (Å²) in [5.74, 6) is 1.26. The number of methoxy groups -OCH3 is 1. The van der Waals surface area contributed by atoms with E-state index in [1.807, 2.05) is 30.0 Å². The minimum Gasteiger partial charge on any atom is -0.507 e. The van der Waals surface area contributed by atoms with Crippen LogP contribution in [0, 0.1) is 6.92 Å². The Kier molecular flexibility index (Phi) is 8.64. The maximum absolute atomic E-state index is 13.6. The molecular formula is C29H36ClN3O4. The number of phenolic OH excluding ortho intramolecular Hbond substituents is 1. The van der Waals surface area contributed by atoms with Gasteiger partial charge in [0.1, 0.15) is 17.1 Å². The Morgan fingerprint density at radius 2 is 1.84 bits per heavy atom. The van der Waals surface area contributed by atoms with E-state index >= 15 is 0 Å². The molecule has 1 aliphatic heterocycles. The SMILES string of the molecule is CCCCCOc1ccc(C2c3c(-c4cc(Cl)c(C)cc4O)n[nH]c3C(=O)N2CCCCC)cc1OC.